The summed E-state index contributed by atoms with van der Waals surface area (Å²) in [7, 11) is 0. The summed E-state index contributed by atoms with van der Waals surface area (Å²) in [6.45, 7) is 1.09. The Morgan fingerprint density at radius 2 is 1.82 bits per heavy atom. The average molecular weight is 379 g/mol. The van der Waals surface area contributed by atoms with Gasteiger partial charge >= 0.3 is 6.01 Å². The number of carbonyl (C=O) groups is 1. The van der Waals surface area contributed by atoms with E-state index in [0.29, 0.717) is 18.8 Å². The Morgan fingerprint density at radius 1 is 1.11 bits per heavy atom. The molecule has 0 aliphatic carbocycles. The van der Waals surface area contributed by atoms with Crippen LogP contribution in [0, 0.1) is 5.82 Å². The summed E-state index contributed by atoms with van der Waals surface area (Å²) in [4.78, 5) is 21.4. The third kappa shape index (κ3) is 4.21. The number of carbonyl (C=O) groups excluding carboxylic acids is 1. The van der Waals surface area contributed by atoms with E-state index >= 15 is 0 Å². The van der Waals surface area contributed by atoms with Crippen LogP contribution in [-0.4, -0.2) is 33.9 Å². The summed E-state index contributed by atoms with van der Waals surface area (Å²) in [5.41, 5.74) is 1.86. The van der Waals surface area contributed by atoms with Crippen molar-refractivity contribution >= 4 is 6.29 Å². The van der Waals surface area contributed by atoms with Gasteiger partial charge in [-0.1, -0.05) is 24.3 Å². The van der Waals surface area contributed by atoms with Crippen LogP contribution in [0.3, 0.4) is 0 Å². The number of aromatic nitrogens is 2. The molecule has 7 heteroatoms. The number of hydrogen-bond acceptors (Lipinski definition) is 6. The first-order valence-electron chi connectivity index (χ1n) is 8.85. The highest BCUT2D eigenvalue weighted by Gasteiger charge is 2.33. The first-order valence-corrected chi connectivity index (χ1v) is 8.85. The average Bonchev–Trinajstić information content (AvgIpc) is 3.13. The molecule has 28 heavy (non-hydrogen) atoms. The molecular weight excluding hydrogens is 361 g/mol. The smallest absolute Gasteiger partial charge is 0.321 e. The lowest BCUT2D eigenvalue weighted by atomic mass is 10.1. The maximum absolute atomic E-state index is 13.1. The van der Waals surface area contributed by atoms with Crippen molar-refractivity contribution in [1.82, 2.24) is 14.9 Å². The van der Waals surface area contributed by atoms with Gasteiger partial charge in [0.05, 0.1) is 6.10 Å². The fourth-order valence-electron chi connectivity index (χ4n) is 3.09. The second-order valence-corrected chi connectivity index (χ2v) is 6.41. The quantitative estimate of drug-likeness (QED) is 0.611. The summed E-state index contributed by atoms with van der Waals surface area (Å²) in [6.07, 6.45) is 3.10. The van der Waals surface area contributed by atoms with Gasteiger partial charge in [0.2, 0.25) is 0 Å². The summed E-state index contributed by atoms with van der Waals surface area (Å²) in [5.74, 6) is 0.331. The van der Waals surface area contributed by atoms with Gasteiger partial charge in [-0.3, -0.25) is 9.69 Å². The Hall–Kier alpha value is -3.16. The van der Waals surface area contributed by atoms with Crippen molar-refractivity contribution in [2.75, 3.05) is 6.54 Å². The van der Waals surface area contributed by atoms with E-state index in [9.17, 15) is 9.18 Å². The van der Waals surface area contributed by atoms with Crippen LogP contribution in [0.5, 0.6) is 11.8 Å². The van der Waals surface area contributed by atoms with Gasteiger partial charge < -0.3 is 9.47 Å². The highest BCUT2D eigenvalue weighted by atomic mass is 19.1. The normalized spacial score (nSPS) is 19.5. The molecule has 1 fully saturated rings. The molecule has 142 valence electrons. The van der Waals surface area contributed by atoms with Crippen molar-refractivity contribution in [3.8, 4) is 11.8 Å². The van der Waals surface area contributed by atoms with Gasteiger partial charge in [0, 0.05) is 25.5 Å². The molecule has 0 radical (unpaired) electrons. The predicted octanol–water partition coefficient (Wildman–Crippen LogP) is 3.51. The number of benzene rings is 2. The molecule has 1 saturated heterocycles. The van der Waals surface area contributed by atoms with Crippen molar-refractivity contribution in [3.05, 3.63) is 83.9 Å². The lowest BCUT2D eigenvalue weighted by Crippen LogP contribution is -2.30. The van der Waals surface area contributed by atoms with E-state index in [1.807, 2.05) is 29.2 Å². The third-order valence-electron chi connectivity index (χ3n) is 4.48. The van der Waals surface area contributed by atoms with E-state index in [1.165, 1.54) is 12.1 Å². The largest absolute Gasteiger partial charge is 0.424 e. The molecule has 2 unspecified atom stereocenters. The third-order valence-corrected chi connectivity index (χ3v) is 4.48. The van der Waals surface area contributed by atoms with Crippen LogP contribution in [0.2, 0.25) is 0 Å². The van der Waals surface area contributed by atoms with Crippen LogP contribution in [-0.2, 0) is 16.1 Å². The zero-order valence-electron chi connectivity index (χ0n) is 14.9. The van der Waals surface area contributed by atoms with Crippen molar-refractivity contribution in [1.29, 1.82) is 0 Å². The minimum absolute atomic E-state index is 0.270. The van der Waals surface area contributed by atoms with Gasteiger partial charge in [0.15, 0.2) is 12.5 Å². The van der Waals surface area contributed by atoms with E-state index < -0.39 is 6.23 Å². The molecule has 6 nitrogen and oxygen atoms in total. The first kappa shape index (κ1) is 18.2. The standard InChI is InChI=1S/C21H18FN3O3/c22-17-6-4-16(5-7-17)19-13-25(20(14-26)28-19)12-15-2-8-18(9-3-15)27-21-23-10-1-11-24-21/h1-11,14,19-20H,12-13H2. The summed E-state index contributed by atoms with van der Waals surface area (Å²) in [5, 5.41) is 0. The first-order chi connectivity index (χ1) is 13.7. The Bertz CT molecular complexity index is 920. The number of aldehydes is 1. The van der Waals surface area contributed by atoms with E-state index in [-0.39, 0.29) is 17.9 Å². The van der Waals surface area contributed by atoms with Gasteiger partial charge in [-0.05, 0) is 41.5 Å². The molecule has 0 amide bonds. The topological polar surface area (TPSA) is 64.5 Å². The minimum Gasteiger partial charge on any atom is -0.424 e. The van der Waals surface area contributed by atoms with Crippen LogP contribution >= 0.6 is 0 Å². The molecule has 0 spiro atoms. The van der Waals surface area contributed by atoms with Gasteiger partial charge in [0.1, 0.15) is 11.6 Å². The summed E-state index contributed by atoms with van der Waals surface area (Å²) < 4.78 is 24.5. The number of rotatable bonds is 6. The lowest BCUT2D eigenvalue weighted by molar-refractivity contribution is -0.123. The monoisotopic (exact) mass is 379 g/mol. The highest BCUT2D eigenvalue weighted by molar-refractivity contribution is 5.56. The molecule has 1 aliphatic rings. The number of ether oxygens (including phenoxy) is 2. The van der Waals surface area contributed by atoms with Crippen LogP contribution in [0.15, 0.2) is 67.0 Å². The summed E-state index contributed by atoms with van der Waals surface area (Å²) in [6, 6.07) is 15.7. The summed E-state index contributed by atoms with van der Waals surface area (Å²) >= 11 is 0. The second kappa shape index (κ2) is 8.24. The fourth-order valence-corrected chi connectivity index (χ4v) is 3.09. The Morgan fingerprint density at radius 3 is 2.50 bits per heavy atom. The van der Waals surface area contributed by atoms with Crippen molar-refractivity contribution in [2.45, 2.75) is 18.9 Å². The van der Waals surface area contributed by atoms with Crippen molar-refractivity contribution in [3.63, 3.8) is 0 Å². The molecule has 3 aromatic rings. The molecule has 2 aromatic carbocycles. The zero-order chi connectivity index (χ0) is 19.3. The number of nitrogens with zero attached hydrogens (tertiary/aromatic N) is 3. The Labute approximate surface area is 161 Å². The fraction of sp³-hybridized carbons (Fsp3) is 0.190. The molecule has 1 aromatic heterocycles. The Balaban J connectivity index is 1.41. The van der Waals surface area contributed by atoms with Crippen LogP contribution in [0.1, 0.15) is 17.2 Å². The van der Waals surface area contributed by atoms with Gasteiger partial charge in [-0.2, -0.15) is 0 Å². The predicted molar refractivity (Wildman–Crippen MR) is 99.0 cm³/mol. The molecule has 2 heterocycles. The second-order valence-electron chi connectivity index (χ2n) is 6.41. The van der Waals surface area contributed by atoms with Crippen LogP contribution in [0.25, 0.3) is 0 Å². The highest BCUT2D eigenvalue weighted by Crippen LogP contribution is 2.30. The van der Waals surface area contributed by atoms with Crippen LogP contribution in [0.4, 0.5) is 4.39 Å². The zero-order valence-corrected chi connectivity index (χ0v) is 14.9. The van der Waals surface area contributed by atoms with Gasteiger partial charge in [0.25, 0.3) is 0 Å². The Kier molecular flexibility index (Phi) is 5.36. The molecular formula is C21H18FN3O3. The maximum Gasteiger partial charge on any atom is 0.321 e. The van der Waals surface area contributed by atoms with Crippen LogP contribution < -0.4 is 4.74 Å². The molecule has 4 rings (SSSR count). The van der Waals surface area contributed by atoms with E-state index in [2.05, 4.69) is 9.97 Å². The molecule has 0 N–H and O–H groups in total. The lowest BCUT2D eigenvalue weighted by Gasteiger charge is -2.18. The molecule has 2 atom stereocenters. The molecule has 0 saturated carbocycles. The molecule has 1 aliphatic heterocycles. The van der Waals surface area contributed by atoms with Crippen molar-refractivity contribution in [2.24, 2.45) is 0 Å². The molecule has 0 bridgehead atoms. The van der Waals surface area contributed by atoms with E-state index in [4.69, 9.17) is 9.47 Å². The minimum atomic E-state index is -0.635. The number of hydrogen-bond donors (Lipinski definition) is 0. The van der Waals surface area contributed by atoms with E-state index in [1.54, 1.807) is 30.6 Å². The number of halogens is 1. The van der Waals surface area contributed by atoms with E-state index in [0.717, 1.165) is 17.4 Å². The van der Waals surface area contributed by atoms with Gasteiger partial charge in [-0.15, -0.1) is 0 Å². The maximum atomic E-state index is 13.1. The van der Waals surface area contributed by atoms with Crippen molar-refractivity contribution < 1.29 is 18.7 Å². The SMILES string of the molecule is O=CC1OC(c2ccc(F)cc2)CN1Cc1ccc(Oc2ncccn2)cc1. The van der Waals surface area contributed by atoms with Gasteiger partial charge in [-0.25, -0.2) is 14.4 Å².